The molecule has 1 rings (SSSR count). The van der Waals surface area contributed by atoms with Gasteiger partial charge in [0.1, 0.15) is 0 Å². The summed E-state index contributed by atoms with van der Waals surface area (Å²) in [6.45, 7) is 5.02. The Morgan fingerprint density at radius 2 is 1.68 bits per heavy atom. The molecule has 122 valence electrons. The predicted octanol–water partition coefficient (Wildman–Crippen LogP) is 3.43. The maximum atomic E-state index is 12.7. The van der Waals surface area contributed by atoms with E-state index in [1.807, 2.05) is 0 Å². The van der Waals surface area contributed by atoms with Gasteiger partial charge in [-0.15, -0.1) is 0 Å². The van der Waals surface area contributed by atoms with Crippen LogP contribution in [0.3, 0.4) is 0 Å². The molecule has 0 spiro atoms. The molecule has 0 unspecified atom stereocenters. The number of carbonyl (C=O) groups excluding carboxylic acids is 1. The van der Waals surface area contributed by atoms with Crippen molar-refractivity contribution in [1.82, 2.24) is 0 Å². The summed E-state index contributed by atoms with van der Waals surface area (Å²) in [5.74, 6) is -0.848. The summed E-state index contributed by atoms with van der Waals surface area (Å²) in [4.78, 5) is 22.5. The minimum absolute atomic E-state index is 0.0131. The van der Waals surface area contributed by atoms with E-state index < -0.39 is 29.9 Å². The number of hydrogen-bond acceptors (Lipinski definition) is 3. The summed E-state index contributed by atoms with van der Waals surface area (Å²) >= 11 is 0. The van der Waals surface area contributed by atoms with Crippen molar-refractivity contribution in [2.75, 3.05) is 6.61 Å². The number of nitrogens with zero attached hydrogens (tertiary/aromatic N) is 1. The fourth-order valence-corrected chi connectivity index (χ4v) is 1.82. The Labute approximate surface area is 125 Å². The summed E-state index contributed by atoms with van der Waals surface area (Å²) < 4.78 is 43.0. The first-order valence-corrected chi connectivity index (χ1v) is 6.38. The van der Waals surface area contributed by atoms with Crippen LogP contribution in [0.4, 0.5) is 13.2 Å². The van der Waals surface area contributed by atoms with Crippen LogP contribution < -0.4 is 0 Å². The van der Waals surface area contributed by atoms with Gasteiger partial charge in [-0.3, -0.25) is 0 Å². The first kappa shape index (κ1) is 17.9. The molecule has 1 aromatic rings. The molecule has 0 fully saturated rings. The molecule has 0 amide bonds. The molecular weight excluding hydrogens is 303 g/mol. The fourth-order valence-electron chi connectivity index (χ4n) is 1.82. The predicted molar refractivity (Wildman–Crippen MR) is 70.7 cm³/mol. The molecular formula is C14H17F3NO4+. The van der Waals surface area contributed by atoms with Crippen molar-refractivity contribution >= 4 is 5.97 Å². The van der Waals surface area contributed by atoms with E-state index in [4.69, 9.17) is 9.94 Å². The van der Waals surface area contributed by atoms with Crippen molar-refractivity contribution in [2.24, 2.45) is 0 Å². The van der Waals surface area contributed by atoms with Crippen molar-refractivity contribution in [2.45, 2.75) is 39.4 Å². The molecule has 0 aliphatic heterocycles. The highest BCUT2D eigenvalue weighted by Crippen LogP contribution is 2.32. The van der Waals surface area contributed by atoms with Crippen LogP contribution in [-0.2, 0) is 10.9 Å². The molecule has 0 atom stereocenters. The lowest BCUT2D eigenvalue weighted by atomic mass is 9.99. The average Bonchev–Trinajstić information content (AvgIpc) is 2.34. The molecule has 0 radical (unpaired) electrons. The Morgan fingerprint density at radius 1 is 1.23 bits per heavy atom. The lowest BCUT2D eigenvalue weighted by Gasteiger charge is -2.15. The van der Waals surface area contributed by atoms with Crippen LogP contribution in [0.5, 0.6) is 0 Å². The number of esters is 1. The second kappa shape index (κ2) is 5.94. The zero-order chi connectivity index (χ0) is 17.3. The molecule has 0 saturated heterocycles. The summed E-state index contributed by atoms with van der Waals surface area (Å²) in [6.07, 6.45) is -4.50. The van der Waals surface area contributed by atoms with Crippen LogP contribution in [0.15, 0.2) is 12.1 Å². The van der Waals surface area contributed by atoms with E-state index in [1.165, 1.54) is 27.7 Å². The number of hydrogen-bond donors (Lipinski definition) is 1. The van der Waals surface area contributed by atoms with Gasteiger partial charge in [-0.1, -0.05) is 0 Å². The number of halogens is 3. The van der Waals surface area contributed by atoms with Crippen LogP contribution >= 0.6 is 0 Å². The zero-order valence-electron chi connectivity index (χ0n) is 12.6. The SMILES string of the molecule is Cc1cc(C(F)(F)F)cc(C)c1C(=O)OCC(C)(C)[N+](=O)O. The molecule has 1 N–H and O–H groups in total. The van der Waals surface area contributed by atoms with E-state index in [-0.39, 0.29) is 21.6 Å². The van der Waals surface area contributed by atoms with Crippen molar-refractivity contribution in [3.8, 4) is 0 Å². The second-order valence-electron chi connectivity index (χ2n) is 5.64. The number of aryl methyl sites for hydroxylation is 2. The molecule has 22 heavy (non-hydrogen) atoms. The average molecular weight is 320 g/mol. The van der Waals surface area contributed by atoms with Crippen LogP contribution in [0.1, 0.15) is 40.9 Å². The summed E-state index contributed by atoms with van der Waals surface area (Å²) in [7, 11) is 0. The highest BCUT2D eigenvalue weighted by atomic mass is 19.4. The van der Waals surface area contributed by atoms with Gasteiger partial charge < -0.3 is 4.74 Å². The summed E-state index contributed by atoms with van der Waals surface area (Å²) in [6, 6.07) is 1.72. The normalized spacial score (nSPS) is 12.1. The minimum atomic E-state index is -4.50. The van der Waals surface area contributed by atoms with Gasteiger partial charge in [0, 0.05) is 13.8 Å². The van der Waals surface area contributed by atoms with E-state index in [9.17, 15) is 22.9 Å². The number of rotatable bonds is 4. The first-order valence-electron chi connectivity index (χ1n) is 6.38. The van der Waals surface area contributed by atoms with E-state index in [2.05, 4.69) is 0 Å². The molecule has 0 aromatic heterocycles. The topological polar surface area (TPSA) is 66.6 Å². The van der Waals surface area contributed by atoms with E-state index in [0.29, 0.717) is 0 Å². The first-order chi connectivity index (χ1) is 9.86. The molecule has 0 aliphatic rings. The second-order valence-corrected chi connectivity index (χ2v) is 5.64. The lowest BCUT2D eigenvalue weighted by Crippen LogP contribution is -2.38. The van der Waals surface area contributed by atoms with E-state index in [1.54, 1.807) is 0 Å². The van der Waals surface area contributed by atoms with Crippen molar-refractivity contribution in [3.05, 3.63) is 39.3 Å². The number of benzene rings is 1. The standard InChI is InChI=1S/C14H17F3NO4/c1-8-5-10(14(15,16)17)6-9(2)11(8)12(19)22-7-13(3,4)18(20)21/h5-6H,7H2,1-4H3,(H,20,21)/q+1. The van der Waals surface area contributed by atoms with Crippen molar-refractivity contribution < 1.29 is 32.8 Å². The molecule has 8 heteroatoms. The Kier molecular flexibility index (Phi) is 4.84. The molecule has 0 bridgehead atoms. The minimum Gasteiger partial charge on any atom is -0.454 e. The summed E-state index contributed by atoms with van der Waals surface area (Å²) in [5, 5.41) is 8.86. The van der Waals surface area contributed by atoms with Crippen LogP contribution in [-0.4, -0.2) is 28.2 Å². The Hall–Kier alpha value is -2.12. The highest BCUT2D eigenvalue weighted by molar-refractivity contribution is 5.92. The smallest absolute Gasteiger partial charge is 0.416 e. The largest absolute Gasteiger partial charge is 0.454 e. The van der Waals surface area contributed by atoms with Gasteiger partial charge in [0.2, 0.25) is 4.92 Å². The zero-order valence-corrected chi connectivity index (χ0v) is 12.6. The Bertz CT molecular complexity index is 586. The third-order valence-electron chi connectivity index (χ3n) is 3.14. The van der Waals surface area contributed by atoms with Gasteiger partial charge in [-0.05, 0) is 37.1 Å². The fraction of sp³-hybridized carbons (Fsp3) is 0.500. The summed E-state index contributed by atoms with van der Waals surface area (Å²) in [5.41, 5.74) is -1.94. The third-order valence-corrected chi connectivity index (χ3v) is 3.14. The number of alkyl halides is 3. The Morgan fingerprint density at radius 3 is 2.05 bits per heavy atom. The number of carbonyl (C=O) groups is 1. The van der Waals surface area contributed by atoms with Crippen LogP contribution in [0.2, 0.25) is 0 Å². The molecule has 0 aliphatic carbocycles. The highest BCUT2D eigenvalue weighted by Gasteiger charge is 2.38. The number of ether oxygens (including phenoxy) is 1. The quantitative estimate of drug-likeness (QED) is 0.682. The van der Waals surface area contributed by atoms with Crippen molar-refractivity contribution in [3.63, 3.8) is 0 Å². The van der Waals surface area contributed by atoms with Gasteiger partial charge in [0.05, 0.1) is 16.0 Å². The maximum Gasteiger partial charge on any atom is 0.416 e. The lowest BCUT2D eigenvalue weighted by molar-refractivity contribution is -0.838. The van der Waals surface area contributed by atoms with Gasteiger partial charge in [0.25, 0.3) is 5.54 Å². The van der Waals surface area contributed by atoms with Gasteiger partial charge in [0.15, 0.2) is 6.61 Å². The monoisotopic (exact) mass is 320 g/mol. The van der Waals surface area contributed by atoms with Gasteiger partial charge >= 0.3 is 12.1 Å². The maximum absolute atomic E-state index is 12.7. The molecule has 0 heterocycles. The van der Waals surface area contributed by atoms with Crippen LogP contribution in [0, 0.1) is 18.8 Å². The van der Waals surface area contributed by atoms with Gasteiger partial charge in [-0.2, -0.15) is 13.2 Å². The molecule has 5 nitrogen and oxygen atoms in total. The van der Waals surface area contributed by atoms with Gasteiger partial charge in [-0.25, -0.2) is 10.0 Å². The Balaban J connectivity index is 3.03. The van der Waals surface area contributed by atoms with E-state index in [0.717, 1.165) is 12.1 Å². The third kappa shape index (κ3) is 3.96. The van der Waals surface area contributed by atoms with Crippen molar-refractivity contribution in [1.29, 1.82) is 0 Å². The molecule has 1 aromatic carbocycles. The van der Waals surface area contributed by atoms with E-state index >= 15 is 0 Å². The van der Waals surface area contributed by atoms with Crippen LogP contribution in [0.25, 0.3) is 0 Å². The molecule has 0 saturated carbocycles.